The van der Waals surface area contributed by atoms with Crippen molar-refractivity contribution in [3.8, 4) is 0 Å². The van der Waals surface area contributed by atoms with Gasteiger partial charge in [0.2, 0.25) is 0 Å². The minimum atomic E-state index is 1.19. The molecule has 0 heterocycles. The third-order valence-electron chi connectivity index (χ3n) is 1.14. The molecule has 48 valence electrons. The number of nitrogens with one attached hydrogen (secondary N) is 1. The van der Waals surface area contributed by atoms with Gasteiger partial charge in [0.05, 0.1) is 0 Å². The Bertz CT molecular complexity index is 198. The Morgan fingerprint density at radius 2 is 2.00 bits per heavy atom. The molecular weight excluding hydrogens is 225 g/mol. The van der Waals surface area contributed by atoms with Gasteiger partial charge in [0.25, 0.3) is 0 Å². The van der Waals surface area contributed by atoms with Gasteiger partial charge in [-0.2, -0.15) is 0 Å². The highest BCUT2D eigenvalue weighted by atomic mass is 127. The quantitative estimate of drug-likeness (QED) is 0.734. The van der Waals surface area contributed by atoms with Crippen molar-refractivity contribution in [1.29, 1.82) is 0 Å². The predicted molar refractivity (Wildman–Crippen MR) is 48.7 cm³/mol. The molecule has 0 bridgehead atoms. The lowest BCUT2D eigenvalue weighted by Crippen LogP contribution is -1.89. The minimum absolute atomic E-state index is 1.19. The zero-order valence-corrected chi connectivity index (χ0v) is 7.34. The molecule has 0 amide bonds. The fourth-order valence-corrected chi connectivity index (χ4v) is 1.32. The van der Waals surface area contributed by atoms with Gasteiger partial charge in [-0.1, -0.05) is 12.1 Å². The van der Waals surface area contributed by atoms with Gasteiger partial charge in [0.1, 0.15) is 0 Å². The van der Waals surface area contributed by atoms with Gasteiger partial charge in [-0.25, -0.2) is 0 Å². The van der Waals surface area contributed by atoms with Crippen LogP contribution in [-0.2, 0) is 0 Å². The van der Waals surface area contributed by atoms with Crippen LogP contribution in [0.2, 0.25) is 0 Å². The number of para-hydroxylation sites is 1. The molecule has 0 unspecified atom stereocenters. The number of benzene rings is 1. The van der Waals surface area contributed by atoms with Gasteiger partial charge in [-0.15, -0.1) is 0 Å². The van der Waals surface area contributed by atoms with E-state index in [4.69, 9.17) is 0 Å². The van der Waals surface area contributed by atoms with Gasteiger partial charge in [-0.3, -0.25) is 0 Å². The third kappa shape index (κ3) is 1.58. The first-order valence-electron chi connectivity index (χ1n) is 2.77. The van der Waals surface area contributed by atoms with E-state index in [1.165, 1.54) is 9.26 Å². The van der Waals surface area contributed by atoms with Gasteiger partial charge < -0.3 is 5.32 Å². The van der Waals surface area contributed by atoms with Crippen LogP contribution in [0.5, 0.6) is 0 Å². The Morgan fingerprint density at radius 1 is 1.33 bits per heavy atom. The van der Waals surface area contributed by atoms with Crippen molar-refractivity contribution in [2.24, 2.45) is 0 Å². The second-order valence-electron chi connectivity index (χ2n) is 1.73. The van der Waals surface area contributed by atoms with E-state index in [1.807, 2.05) is 19.2 Å². The molecule has 0 saturated heterocycles. The normalized spacial score (nSPS) is 9.11. The summed E-state index contributed by atoms with van der Waals surface area (Å²) in [5, 5.41) is 3.09. The van der Waals surface area contributed by atoms with Crippen LogP contribution in [0.15, 0.2) is 24.3 Å². The topological polar surface area (TPSA) is 12.0 Å². The van der Waals surface area contributed by atoms with E-state index in [0.717, 1.165) is 0 Å². The van der Waals surface area contributed by atoms with Crippen LogP contribution < -0.4 is 5.32 Å². The molecule has 1 nitrogen and oxygen atoms in total. The molecule has 0 saturated carbocycles. The lowest BCUT2D eigenvalue weighted by molar-refractivity contribution is 1.49. The summed E-state index contributed by atoms with van der Waals surface area (Å²) in [6.07, 6.45) is 0. The molecular formula is C7H8IN. The van der Waals surface area contributed by atoms with E-state index < -0.39 is 0 Å². The molecule has 2 heteroatoms. The summed E-state index contributed by atoms with van der Waals surface area (Å²) in [5.74, 6) is 0. The zero-order valence-electron chi connectivity index (χ0n) is 5.19. The summed E-state index contributed by atoms with van der Waals surface area (Å²) >= 11 is 2.30. The highest BCUT2D eigenvalue weighted by Crippen LogP contribution is 2.15. The van der Waals surface area contributed by atoms with Crippen LogP contribution in [0.25, 0.3) is 0 Å². The Morgan fingerprint density at radius 3 is 2.44 bits per heavy atom. The van der Waals surface area contributed by atoms with Crippen LogP contribution in [0, 0.1) is 3.57 Å². The van der Waals surface area contributed by atoms with Crippen molar-refractivity contribution in [1.82, 2.24) is 0 Å². The Balaban J connectivity index is 3.01. The Labute approximate surface area is 68.6 Å². The van der Waals surface area contributed by atoms with Crippen molar-refractivity contribution in [3.05, 3.63) is 27.8 Å². The van der Waals surface area contributed by atoms with E-state index in [2.05, 4.69) is 40.0 Å². The SMILES string of the molecule is CNc1ccccc1I. The molecule has 0 spiro atoms. The average Bonchev–Trinajstić information content (AvgIpc) is 1.89. The zero-order chi connectivity index (χ0) is 6.69. The number of hydrogen-bond donors (Lipinski definition) is 1. The maximum Gasteiger partial charge on any atom is 0.0473 e. The first-order chi connectivity index (χ1) is 4.34. The molecule has 0 aliphatic carbocycles. The summed E-state index contributed by atoms with van der Waals surface area (Å²) in [5.41, 5.74) is 1.19. The van der Waals surface area contributed by atoms with Crippen LogP contribution in [0.3, 0.4) is 0 Å². The van der Waals surface area contributed by atoms with Crippen molar-refractivity contribution in [3.63, 3.8) is 0 Å². The molecule has 1 rings (SSSR count). The van der Waals surface area contributed by atoms with Crippen molar-refractivity contribution < 1.29 is 0 Å². The van der Waals surface area contributed by atoms with E-state index in [1.54, 1.807) is 0 Å². The predicted octanol–water partition coefficient (Wildman–Crippen LogP) is 2.33. The first kappa shape index (κ1) is 6.86. The molecule has 0 radical (unpaired) electrons. The summed E-state index contributed by atoms with van der Waals surface area (Å²) in [4.78, 5) is 0. The molecule has 0 aliphatic heterocycles. The fraction of sp³-hybridized carbons (Fsp3) is 0.143. The maximum absolute atomic E-state index is 3.09. The second-order valence-corrected chi connectivity index (χ2v) is 2.89. The average molecular weight is 233 g/mol. The fourth-order valence-electron chi connectivity index (χ4n) is 0.664. The molecule has 0 fully saturated rings. The Hall–Kier alpha value is -0.250. The lowest BCUT2D eigenvalue weighted by atomic mass is 10.3. The van der Waals surface area contributed by atoms with Gasteiger partial charge in [0.15, 0.2) is 0 Å². The van der Waals surface area contributed by atoms with Crippen LogP contribution in [0.1, 0.15) is 0 Å². The smallest absolute Gasteiger partial charge is 0.0473 e. The van der Waals surface area contributed by atoms with Crippen LogP contribution in [0.4, 0.5) is 5.69 Å². The maximum atomic E-state index is 3.09. The molecule has 1 aromatic rings. The number of rotatable bonds is 1. The number of anilines is 1. The largest absolute Gasteiger partial charge is 0.387 e. The van der Waals surface area contributed by atoms with Gasteiger partial charge in [-0.05, 0) is 34.7 Å². The second kappa shape index (κ2) is 3.06. The summed E-state index contributed by atoms with van der Waals surface area (Å²) < 4.78 is 1.26. The van der Waals surface area contributed by atoms with Crippen LogP contribution in [-0.4, -0.2) is 7.05 Å². The summed E-state index contributed by atoms with van der Waals surface area (Å²) in [6.45, 7) is 0. The lowest BCUT2D eigenvalue weighted by Gasteiger charge is -1.99. The molecule has 9 heavy (non-hydrogen) atoms. The molecule has 0 aliphatic rings. The summed E-state index contributed by atoms with van der Waals surface area (Å²) in [6, 6.07) is 8.19. The Kier molecular flexibility index (Phi) is 2.33. The van der Waals surface area contributed by atoms with E-state index in [-0.39, 0.29) is 0 Å². The molecule has 1 N–H and O–H groups in total. The standard InChI is InChI=1S/C7H8IN/c1-9-7-5-3-2-4-6(7)8/h2-5,9H,1H3. The van der Waals surface area contributed by atoms with Crippen molar-refractivity contribution in [2.75, 3.05) is 12.4 Å². The highest BCUT2D eigenvalue weighted by molar-refractivity contribution is 14.1. The summed E-state index contributed by atoms with van der Waals surface area (Å²) in [7, 11) is 1.93. The van der Waals surface area contributed by atoms with E-state index >= 15 is 0 Å². The number of hydrogen-bond acceptors (Lipinski definition) is 1. The monoisotopic (exact) mass is 233 g/mol. The van der Waals surface area contributed by atoms with E-state index in [9.17, 15) is 0 Å². The van der Waals surface area contributed by atoms with Gasteiger partial charge in [0, 0.05) is 16.3 Å². The third-order valence-corrected chi connectivity index (χ3v) is 2.08. The molecule has 0 aromatic heterocycles. The number of halogens is 1. The first-order valence-corrected chi connectivity index (χ1v) is 3.85. The van der Waals surface area contributed by atoms with Crippen molar-refractivity contribution >= 4 is 28.3 Å². The van der Waals surface area contributed by atoms with Crippen LogP contribution >= 0.6 is 22.6 Å². The van der Waals surface area contributed by atoms with E-state index in [0.29, 0.717) is 0 Å². The minimum Gasteiger partial charge on any atom is -0.387 e. The highest BCUT2D eigenvalue weighted by Gasteiger charge is 1.90. The molecule has 1 aromatic carbocycles. The van der Waals surface area contributed by atoms with Crippen molar-refractivity contribution in [2.45, 2.75) is 0 Å². The molecule has 0 atom stereocenters. The van der Waals surface area contributed by atoms with Gasteiger partial charge >= 0.3 is 0 Å².